The van der Waals surface area contributed by atoms with E-state index in [4.69, 9.17) is 9.47 Å². The van der Waals surface area contributed by atoms with Gasteiger partial charge in [-0.05, 0) is 47.5 Å². The molecule has 0 aliphatic rings. The van der Waals surface area contributed by atoms with E-state index in [1.165, 1.54) is 19.1 Å². The molecule has 0 saturated carbocycles. The molecule has 0 fully saturated rings. The minimum Gasteiger partial charge on any atom is -0.461 e. The molecule has 6 heteroatoms. The lowest BCUT2D eigenvalue weighted by Crippen LogP contribution is -2.23. The van der Waals surface area contributed by atoms with E-state index >= 15 is 0 Å². The van der Waals surface area contributed by atoms with Gasteiger partial charge < -0.3 is 14.2 Å². The zero-order chi connectivity index (χ0) is 21.4. The molecule has 0 radical (unpaired) electrons. The first kappa shape index (κ1) is 21.3. The fraction of sp³-hybridized carbons (Fsp3) is 0.208. The monoisotopic (exact) mass is 412 g/mol. The van der Waals surface area contributed by atoms with Gasteiger partial charge in [-0.2, -0.15) is 8.78 Å². The number of rotatable bonds is 9. The highest BCUT2D eigenvalue weighted by Gasteiger charge is 2.28. The number of carbonyl (C=O) groups is 1. The van der Waals surface area contributed by atoms with E-state index in [-0.39, 0.29) is 18.8 Å². The molecule has 0 N–H and O–H groups in total. The molecule has 3 rings (SSSR count). The smallest absolute Gasteiger partial charge is 0.397 e. The van der Waals surface area contributed by atoms with E-state index in [9.17, 15) is 13.6 Å². The van der Waals surface area contributed by atoms with Crippen LogP contribution in [-0.2, 0) is 22.6 Å². The summed E-state index contributed by atoms with van der Waals surface area (Å²) in [6, 6.07) is 22.6. The van der Waals surface area contributed by atoms with Crippen LogP contribution in [0.25, 0.3) is 0 Å². The second-order valence-corrected chi connectivity index (χ2v) is 6.64. The van der Waals surface area contributed by atoms with Crippen molar-refractivity contribution < 1.29 is 27.8 Å². The van der Waals surface area contributed by atoms with Gasteiger partial charge in [0.05, 0.1) is 6.42 Å². The third-order valence-electron chi connectivity index (χ3n) is 4.23. The number of hydrogen-bond donors (Lipinski definition) is 0. The van der Waals surface area contributed by atoms with Crippen molar-refractivity contribution in [1.82, 2.24) is 0 Å². The molecule has 4 nitrogen and oxygen atoms in total. The van der Waals surface area contributed by atoms with Crippen molar-refractivity contribution in [2.75, 3.05) is 0 Å². The van der Waals surface area contributed by atoms with Crippen LogP contribution in [0.3, 0.4) is 0 Å². The molecular weight excluding hydrogens is 390 g/mol. The minimum atomic E-state index is -3.21. The van der Waals surface area contributed by atoms with Crippen molar-refractivity contribution in [2.24, 2.45) is 0 Å². The van der Waals surface area contributed by atoms with Gasteiger partial charge in [-0.15, -0.1) is 0 Å². The highest BCUT2D eigenvalue weighted by molar-refractivity contribution is 5.72. The Morgan fingerprint density at radius 2 is 1.53 bits per heavy atom. The second kappa shape index (κ2) is 9.87. The Labute approximate surface area is 174 Å². The van der Waals surface area contributed by atoms with E-state index in [1.54, 1.807) is 18.2 Å². The van der Waals surface area contributed by atoms with E-state index in [0.717, 1.165) is 11.3 Å². The first-order valence-electron chi connectivity index (χ1n) is 9.57. The predicted molar refractivity (Wildman–Crippen MR) is 109 cm³/mol. The Balaban J connectivity index is 1.50. The number of benzene rings is 3. The lowest BCUT2D eigenvalue weighted by Gasteiger charge is -2.16. The molecule has 0 heterocycles. The largest absolute Gasteiger partial charge is 0.461 e. The molecule has 0 aliphatic heterocycles. The van der Waals surface area contributed by atoms with E-state index in [0.29, 0.717) is 11.3 Å². The molecule has 0 amide bonds. The minimum absolute atomic E-state index is 0.0324. The number of esters is 1. The van der Waals surface area contributed by atoms with Gasteiger partial charge in [-0.25, -0.2) is 0 Å². The fourth-order valence-corrected chi connectivity index (χ4v) is 2.62. The van der Waals surface area contributed by atoms with Crippen LogP contribution < -0.4 is 9.47 Å². The molecular formula is C24H22F2O4. The van der Waals surface area contributed by atoms with Crippen LogP contribution in [0, 0.1) is 0 Å². The van der Waals surface area contributed by atoms with Crippen LogP contribution in [0.1, 0.15) is 24.5 Å². The average Bonchev–Trinajstić information content (AvgIpc) is 2.75. The van der Waals surface area contributed by atoms with Crippen LogP contribution in [-0.4, -0.2) is 12.1 Å². The van der Waals surface area contributed by atoms with Crippen molar-refractivity contribution in [3.8, 4) is 17.2 Å². The quantitative estimate of drug-likeness (QED) is 0.396. The molecule has 0 bridgehead atoms. The van der Waals surface area contributed by atoms with Crippen molar-refractivity contribution >= 4 is 5.97 Å². The molecule has 0 spiro atoms. The lowest BCUT2D eigenvalue weighted by atomic mass is 10.1. The summed E-state index contributed by atoms with van der Waals surface area (Å²) in [4.78, 5) is 12.1. The zero-order valence-electron chi connectivity index (χ0n) is 16.5. The topological polar surface area (TPSA) is 44.8 Å². The first-order valence-corrected chi connectivity index (χ1v) is 9.57. The number of carbonyl (C=O) groups excluding carboxylic acids is 1. The van der Waals surface area contributed by atoms with Gasteiger partial charge in [0.25, 0.3) is 0 Å². The summed E-state index contributed by atoms with van der Waals surface area (Å²) in [6.45, 7) is 1.45. The van der Waals surface area contributed by atoms with E-state index in [2.05, 4.69) is 4.74 Å². The molecule has 0 saturated heterocycles. The van der Waals surface area contributed by atoms with Gasteiger partial charge in [0, 0.05) is 6.42 Å². The summed E-state index contributed by atoms with van der Waals surface area (Å²) in [6.07, 6.45) is -3.59. The summed E-state index contributed by atoms with van der Waals surface area (Å²) in [7, 11) is 0. The third kappa shape index (κ3) is 6.58. The van der Waals surface area contributed by atoms with Crippen molar-refractivity contribution in [1.29, 1.82) is 0 Å². The van der Waals surface area contributed by atoms with Crippen LogP contribution in [0.5, 0.6) is 17.2 Å². The summed E-state index contributed by atoms with van der Waals surface area (Å²) in [5.41, 5.74) is 1.44. The van der Waals surface area contributed by atoms with Gasteiger partial charge in [-0.3, -0.25) is 4.79 Å². The lowest BCUT2D eigenvalue weighted by molar-refractivity contribution is -0.177. The molecule has 30 heavy (non-hydrogen) atoms. The molecule has 156 valence electrons. The Bertz CT molecular complexity index is 956. The van der Waals surface area contributed by atoms with Crippen LogP contribution in [0.4, 0.5) is 8.78 Å². The first-order chi connectivity index (χ1) is 14.4. The Morgan fingerprint density at radius 3 is 2.23 bits per heavy atom. The number of alkyl halides is 2. The van der Waals surface area contributed by atoms with Crippen LogP contribution >= 0.6 is 0 Å². The molecule has 0 aliphatic carbocycles. The van der Waals surface area contributed by atoms with Gasteiger partial charge in [0.15, 0.2) is 0 Å². The summed E-state index contributed by atoms with van der Waals surface area (Å²) >= 11 is 0. The Kier molecular flexibility index (Phi) is 7.01. The van der Waals surface area contributed by atoms with Gasteiger partial charge in [0.1, 0.15) is 23.9 Å². The maximum Gasteiger partial charge on any atom is 0.397 e. The maximum absolute atomic E-state index is 13.3. The van der Waals surface area contributed by atoms with E-state index < -0.39 is 18.5 Å². The average molecular weight is 412 g/mol. The predicted octanol–water partition coefficient (Wildman–Crippen LogP) is 6.15. The molecule has 3 aromatic rings. The van der Waals surface area contributed by atoms with Crippen molar-refractivity contribution in [3.05, 3.63) is 90.0 Å². The maximum atomic E-state index is 13.3. The number of halogens is 2. The standard InChI is InChI=1S/C24H22F2O4/c1-2-24(25,26)30-21-13-11-18(12-14-21)16-23(27)28-17-19-7-6-10-22(15-19)29-20-8-4-3-5-9-20/h3-15H,2,16-17H2,1H3. The van der Waals surface area contributed by atoms with Gasteiger partial charge in [-0.1, -0.05) is 49.4 Å². The highest BCUT2D eigenvalue weighted by atomic mass is 19.3. The Hall–Kier alpha value is -3.41. The number of hydrogen-bond acceptors (Lipinski definition) is 4. The molecule has 0 unspecified atom stereocenters. The Morgan fingerprint density at radius 1 is 0.833 bits per heavy atom. The summed E-state index contributed by atoms with van der Waals surface area (Å²) in [5, 5.41) is 0. The molecule has 0 aromatic heterocycles. The molecule has 3 aromatic carbocycles. The summed E-state index contributed by atoms with van der Waals surface area (Å²) < 4.78 is 42.2. The summed E-state index contributed by atoms with van der Waals surface area (Å²) in [5.74, 6) is 0.996. The highest BCUT2D eigenvalue weighted by Crippen LogP contribution is 2.25. The van der Waals surface area contributed by atoms with E-state index in [1.807, 2.05) is 48.5 Å². The second-order valence-electron chi connectivity index (χ2n) is 6.64. The number of ether oxygens (including phenoxy) is 3. The number of para-hydroxylation sites is 1. The van der Waals surface area contributed by atoms with Crippen LogP contribution in [0.15, 0.2) is 78.9 Å². The van der Waals surface area contributed by atoms with Crippen molar-refractivity contribution in [3.63, 3.8) is 0 Å². The normalized spacial score (nSPS) is 11.0. The van der Waals surface area contributed by atoms with Gasteiger partial charge in [0.2, 0.25) is 0 Å². The van der Waals surface area contributed by atoms with Crippen molar-refractivity contribution in [2.45, 2.75) is 32.5 Å². The third-order valence-corrected chi connectivity index (χ3v) is 4.23. The molecule has 0 atom stereocenters. The van der Waals surface area contributed by atoms with Gasteiger partial charge >= 0.3 is 12.1 Å². The van der Waals surface area contributed by atoms with Crippen LogP contribution in [0.2, 0.25) is 0 Å². The fourth-order valence-electron chi connectivity index (χ4n) is 2.62. The SMILES string of the molecule is CCC(F)(F)Oc1ccc(CC(=O)OCc2cccc(Oc3ccccc3)c2)cc1. The zero-order valence-corrected chi connectivity index (χ0v) is 16.5.